The molecular weight excluding hydrogens is 382 g/mol. The van der Waals surface area contributed by atoms with E-state index < -0.39 is 5.97 Å². The molecule has 0 fully saturated rings. The van der Waals surface area contributed by atoms with Crippen LogP contribution in [-0.2, 0) is 14.9 Å². The summed E-state index contributed by atoms with van der Waals surface area (Å²) < 4.78 is 5.04. The number of fused-ring (bicyclic) bond motifs is 1. The molecule has 0 aliphatic carbocycles. The first-order valence-corrected chi connectivity index (χ1v) is 10.7. The highest BCUT2D eigenvalue weighted by Crippen LogP contribution is 2.41. The van der Waals surface area contributed by atoms with Crippen molar-refractivity contribution in [2.45, 2.75) is 44.4 Å². The Hall–Kier alpha value is -2.71. The largest absolute Gasteiger partial charge is 0.462 e. The van der Waals surface area contributed by atoms with Crippen LogP contribution in [0.5, 0.6) is 0 Å². The highest BCUT2D eigenvalue weighted by Gasteiger charge is 2.27. The van der Waals surface area contributed by atoms with Gasteiger partial charge in [-0.15, -0.1) is 11.8 Å². The van der Waals surface area contributed by atoms with Gasteiger partial charge < -0.3 is 10.1 Å². The summed E-state index contributed by atoms with van der Waals surface area (Å²) in [5, 5.41) is 2.76. The highest BCUT2D eigenvalue weighted by atomic mass is 32.2. The Kier molecular flexibility index (Phi) is 6.34. The number of ether oxygens (including phenoxy) is 1. The number of rotatable bonds is 3. The summed E-state index contributed by atoms with van der Waals surface area (Å²) in [6.45, 7) is 8.02. The minimum Gasteiger partial charge on any atom is -0.462 e. The SMILES string of the molecule is CCOC(=O)c1ccc(C#Cc2ccc3c(c2)C(C)(C)CCS3)c(NC(C)=O)c1. The summed E-state index contributed by atoms with van der Waals surface area (Å²) in [6.07, 6.45) is 1.14. The molecule has 0 saturated heterocycles. The Morgan fingerprint density at radius 1 is 1.17 bits per heavy atom. The third kappa shape index (κ3) is 5.02. The second-order valence-corrected chi connectivity index (χ2v) is 8.74. The Morgan fingerprint density at radius 3 is 2.69 bits per heavy atom. The number of benzene rings is 2. The van der Waals surface area contributed by atoms with Gasteiger partial charge in [0.15, 0.2) is 0 Å². The molecule has 2 aromatic rings. The van der Waals surface area contributed by atoms with E-state index in [4.69, 9.17) is 4.74 Å². The smallest absolute Gasteiger partial charge is 0.338 e. The summed E-state index contributed by atoms with van der Waals surface area (Å²) in [5.41, 5.74) is 3.95. The average Bonchev–Trinajstić information content (AvgIpc) is 2.67. The van der Waals surface area contributed by atoms with Crippen molar-refractivity contribution in [1.82, 2.24) is 0 Å². The lowest BCUT2D eigenvalue weighted by Crippen LogP contribution is -2.22. The maximum absolute atomic E-state index is 12.0. The third-order valence-electron chi connectivity index (χ3n) is 4.88. The van der Waals surface area contributed by atoms with Crippen molar-refractivity contribution >= 4 is 29.3 Å². The van der Waals surface area contributed by atoms with Crippen LogP contribution in [0, 0.1) is 11.8 Å². The van der Waals surface area contributed by atoms with Crippen LogP contribution in [0.4, 0.5) is 5.69 Å². The van der Waals surface area contributed by atoms with Gasteiger partial charge in [-0.05, 0) is 66.5 Å². The summed E-state index contributed by atoms with van der Waals surface area (Å²) in [7, 11) is 0. The molecule has 1 aliphatic rings. The second-order valence-electron chi connectivity index (χ2n) is 7.61. The van der Waals surface area contributed by atoms with Gasteiger partial charge in [0.25, 0.3) is 0 Å². The second kappa shape index (κ2) is 8.75. The van der Waals surface area contributed by atoms with Gasteiger partial charge in [-0.2, -0.15) is 0 Å². The van der Waals surface area contributed by atoms with E-state index in [-0.39, 0.29) is 11.3 Å². The standard InChI is InChI=1S/C24H25NO3S/c1-5-28-23(27)19-10-9-18(21(15-19)25-16(2)26)8-6-17-7-11-22-20(14-17)24(3,4)12-13-29-22/h7,9-11,14-15H,5,12-13H2,1-4H3,(H,25,26). The lowest BCUT2D eigenvalue weighted by Gasteiger charge is -2.32. The first-order chi connectivity index (χ1) is 13.8. The molecular formula is C24H25NO3S. The Bertz CT molecular complexity index is 1010. The van der Waals surface area contributed by atoms with Gasteiger partial charge >= 0.3 is 5.97 Å². The number of esters is 1. The molecule has 1 aliphatic heterocycles. The van der Waals surface area contributed by atoms with Crippen LogP contribution >= 0.6 is 11.8 Å². The van der Waals surface area contributed by atoms with Crippen LogP contribution in [-0.4, -0.2) is 24.2 Å². The monoisotopic (exact) mass is 407 g/mol. The molecule has 0 atom stereocenters. The summed E-state index contributed by atoms with van der Waals surface area (Å²) >= 11 is 1.89. The molecule has 0 radical (unpaired) electrons. The molecule has 0 aromatic heterocycles. The molecule has 1 amide bonds. The van der Waals surface area contributed by atoms with Crippen LogP contribution in [0.1, 0.15) is 61.2 Å². The molecule has 1 N–H and O–H groups in total. The number of carbonyl (C=O) groups excluding carboxylic acids is 2. The fraction of sp³-hybridized carbons (Fsp3) is 0.333. The molecule has 4 nitrogen and oxygen atoms in total. The van der Waals surface area contributed by atoms with E-state index in [1.165, 1.54) is 17.4 Å². The van der Waals surface area contributed by atoms with E-state index in [2.05, 4.69) is 43.1 Å². The van der Waals surface area contributed by atoms with Crippen molar-refractivity contribution in [3.05, 3.63) is 58.7 Å². The Morgan fingerprint density at radius 2 is 1.97 bits per heavy atom. The van der Waals surface area contributed by atoms with Crippen molar-refractivity contribution in [3.8, 4) is 11.8 Å². The lowest BCUT2D eigenvalue weighted by molar-refractivity contribution is -0.114. The molecule has 5 heteroatoms. The lowest BCUT2D eigenvalue weighted by atomic mass is 9.81. The van der Waals surface area contributed by atoms with Crippen LogP contribution in [0.25, 0.3) is 0 Å². The van der Waals surface area contributed by atoms with Gasteiger partial charge in [-0.25, -0.2) is 4.79 Å². The number of carbonyl (C=O) groups is 2. The number of anilines is 1. The predicted molar refractivity (Wildman–Crippen MR) is 117 cm³/mol. The van der Waals surface area contributed by atoms with Gasteiger partial charge in [0.1, 0.15) is 0 Å². The van der Waals surface area contributed by atoms with E-state index in [1.54, 1.807) is 25.1 Å². The maximum atomic E-state index is 12.0. The molecule has 1 heterocycles. The van der Waals surface area contributed by atoms with Crippen molar-refractivity contribution in [1.29, 1.82) is 0 Å². The normalized spacial score (nSPS) is 14.2. The van der Waals surface area contributed by atoms with Crippen LogP contribution in [0.3, 0.4) is 0 Å². The predicted octanol–water partition coefficient (Wildman–Crippen LogP) is 4.99. The zero-order chi connectivity index (χ0) is 21.0. The minimum absolute atomic E-state index is 0.140. The third-order valence-corrected chi connectivity index (χ3v) is 5.95. The number of amides is 1. The molecule has 2 aromatic carbocycles. The molecule has 0 saturated carbocycles. The molecule has 0 unspecified atom stereocenters. The zero-order valence-electron chi connectivity index (χ0n) is 17.2. The van der Waals surface area contributed by atoms with Gasteiger partial charge in [-0.3, -0.25) is 4.79 Å². The van der Waals surface area contributed by atoms with Crippen molar-refractivity contribution < 1.29 is 14.3 Å². The van der Waals surface area contributed by atoms with Gasteiger partial charge in [0.05, 0.1) is 17.9 Å². The van der Waals surface area contributed by atoms with Gasteiger partial charge in [0.2, 0.25) is 5.91 Å². The Labute approximate surface area is 176 Å². The fourth-order valence-corrected chi connectivity index (χ4v) is 4.73. The number of nitrogens with one attached hydrogen (secondary N) is 1. The number of hydrogen-bond acceptors (Lipinski definition) is 4. The summed E-state index contributed by atoms with van der Waals surface area (Å²) in [5.74, 6) is 6.85. The number of thioether (sulfide) groups is 1. The highest BCUT2D eigenvalue weighted by molar-refractivity contribution is 7.99. The molecule has 150 valence electrons. The van der Waals surface area contributed by atoms with Gasteiger partial charge in [-0.1, -0.05) is 25.7 Å². The van der Waals surface area contributed by atoms with Crippen LogP contribution in [0.15, 0.2) is 41.3 Å². The summed E-state index contributed by atoms with van der Waals surface area (Å²) in [6, 6.07) is 11.4. The van der Waals surface area contributed by atoms with E-state index in [0.29, 0.717) is 23.4 Å². The first kappa shape index (κ1) is 21.0. The Balaban J connectivity index is 1.95. The quantitative estimate of drug-likeness (QED) is 0.575. The molecule has 3 rings (SSSR count). The fourth-order valence-electron chi connectivity index (χ4n) is 3.24. The van der Waals surface area contributed by atoms with E-state index in [0.717, 1.165) is 17.7 Å². The zero-order valence-corrected chi connectivity index (χ0v) is 18.0. The summed E-state index contributed by atoms with van der Waals surface area (Å²) in [4.78, 5) is 24.9. The topological polar surface area (TPSA) is 55.4 Å². The minimum atomic E-state index is -0.423. The van der Waals surface area contributed by atoms with E-state index >= 15 is 0 Å². The van der Waals surface area contributed by atoms with Gasteiger partial charge in [0, 0.05) is 22.9 Å². The van der Waals surface area contributed by atoms with E-state index in [9.17, 15) is 9.59 Å². The first-order valence-electron chi connectivity index (χ1n) is 9.68. The van der Waals surface area contributed by atoms with E-state index in [1.807, 2.05) is 17.8 Å². The molecule has 0 bridgehead atoms. The maximum Gasteiger partial charge on any atom is 0.338 e. The van der Waals surface area contributed by atoms with Crippen LogP contribution < -0.4 is 5.32 Å². The van der Waals surface area contributed by atoms with Crippen molar-refractivity contribution in [3.63, 3.8) is 0 Å². The van der Waals surface area contributed by atoms with Crippen molar-refractivity contribution in [2.24, 2.45) is 0 Å². The van der Waals surface area contributed by atoms with Crippen molar-refractivity contribution in [2.75, 3.05) is 17.7 Å². The molecule has 0 spiro atoms. The van der Waals surface area contributed by atoms with Crippen LogP contribution in [0.2, 0.25) is 0 Å². The average molecular weight is 408 g/mol. The molecule has 29 heavy (non-hydrogen) atoms. The number of hydrogen-bond donors (Lipinski definition) is 1.